The second kappa shape index (κ2) is 5.02. The Hall–Kier alpha value is -0.870. The third-order valence-corrected chi connectivity index (χ3v) is 4.67. The summed E-state index contributed by atoms with van der Waals surface area (Å²) in [5, 5.41) is 17.1. The molecule has 0 radical (unpaired) electrons. The fourth-order valence-corrected chi connectivity index (χ4v) is 3.30. The van der Waals surface area contributed by atoms with Gasteiger partial charge in [0.2, 0.25) is 5.91 Å². The predicted octanol–water partition coefficient (Wildman–Crippen LogP) is 2.65. The Morgan fingerprint density at radius 1 is 1.56 bits per heavy atom. The van der Waals surface area contributed by atoms with E-state index in [2.05, 4.69) is 5.32 Å². The van der Waals surface area contributed by atoms with Crippen LogP contribution >= 0.6 is 11.3 Å². The molecular weight excluding hydrogens is 246 g/mol. The van der Waals surface area contributed by atoms with Crippen molar-refractivity contribution < 1.29 is 9.90 Å². The molecule has 1 heterocycles. The number of thiophene rings is 1. The summed E-state index contributed by atoms with van der Waals surface area (Å²) >= 11 is 1.55. The van der Waals surface area contributed by atoms with Crippen LogP contribution in [-0.2, 0) is 10.4 Å². The van der Waals surface area contributed by atoms with Crippen molar-refractivity contribution >= 4 is 17.2 Å². The van der Waals surface area contributed by atoms with E-state index in [-0.39, 0.29) is 17.9 Å². The monoisotopic (exact) mass is 267 g/mol. The van der Waals surface area contributed by atoms with E-state index < -0.39 is 5.60 Å². The van der Waals surface area contributed by atoms with Gasteiger partial charge in [-0.25, -0.2) is 0 Å². The largest absolute Gasteiger partial charge is 0.384 e. The molecule has 100 valence electrons. The van der Waals surface area contributed by atoms with Gasteiger partial charge >= 0.3 is 0 Å². The number of hydrogen-bond acceptors (Lipinski definition) is 3. The van der Waals surface area contributed by atoms with E-state index in [9.17, 15) is 9.90 Å². The Kier molecular flexibility index (Phi) is 3.78. The van der Waals surface area contributed by atoms with Crippen LogP contribution < -0.4 is 5.32 Å². The van der Waals surface area contributed by atoms with Gasteiger partial charge in [-0.2, -0.15) is 11.3 Å². The third-order valence-electron chi connectivity index (χ3n) is 3.99. The fourth-order valence-electron chi connectivity index (χ4n) is 2.52. The number of hydrogen-bond donors (Lipinski definition) is 2. The maximum absolute atomic E-state index is 12.2. The minimum Gasteiger partial charge on any atom is -0.384 e. The van der Waals surface area contributed by atoms with Crippen molar-refractivity contribution in [2.75, 3.05) is 6.54 Å². The van der Waals surface area contributed by atoms with Gasteiger partial charge in [-0.1, -0.05) is 19.8 Å². The normalized spacial score (nSPS) is 21.5. The molecule has 0 spiro atoms. The standard InChI is InChI=1S/C14H21NO2S/c1-13(6-3-4-7-13)12(16)15-10-14(2,17)11-5-8-18-9-11/h5,8-9,17H,3-4,6-7,10H2,1-2H3,(H,15,16)/t14-/m0/s1. The zero-order valence-electron chi connectivity index (χ0n) is 11.0. The van der Waals surface area contributed by atoms with Gasteiger partial charge in [-0.05, 0) is 42.2 Å². The molecule has 0 bridgehead atoms. The number of rotatable bonds is 4. The van der Waals surface area contributed by atoms with Crippen LogP contribution in [0.4, 0.5) is 0 Å². The fraction of sp³-hybridized carbons (Fsp3) is 0.643. The minimum atomic E-state index is -0.982. The molecular formula is C14H21NO2S. The summed E-state index contributed by atoms with van der Waals surface area (Å²) < 4.78 is 0. The molecule has 1 aliphatic rings. The van der Waals surface area contributed by atoms with Crippen LogP contribution in [0, 0.1) is 5.41 Å². The molecule has 18 heavy (non-hydrogen) atoms. The summed E-state index contributed by atoms with van der Waals surface area (Å²) in [6.07, 6.45) is 4.18. The molecule has 0 unspecified atom stereocenters. The van der Waals surface area contributed by atoms with Gasteiger partial charge < -0.3 is 10.4 Å². The lowest BCUT2D eigenvalue weighted by Crippen LogP contribution is -2.44. The SMILES string of the molecule is CC1(C(=O)NC[C@](C)(O)c2ccsc2)CCCC1. The molecule has 0 saturated heterocycles. The number of carbonyl (C=O) groups is 1. The molecule has 1 amide bonds. The van der Waals surface area contributed by atoms with Crippen molar-refractivity contribution in [3.05, 3.63) is 22.4 Å². The first-order chi connectivity index (χ1) is 8.44. The first-order valence-corrected chi connectivity index (χ1v) is 7.42. The van der Waals surface area contributed by atoms with E-state index in [0.29, 0.717) is 0 Å². The lowest BCUT2D eigenvalue weighted by atomic mass is 9.87. The molecule has 1 atom stereocenters. The predicted molar refractivity (Wildman–Crippen MR) is 73.5 cm³/mol. The average Bonchev–Trinajstić information content (AvgIpc) is 2.97. The van der Waals surface area contributed by atoms with E-state index >= 15 is 0 Å². The van der Waals surface area contributed by atoms with Gasteiger partial charge in [0.05, 0.1) is 6.54 Å². The summed E-state index contributed by atoms with van der Waals surface area (Å²) in [7, 11) is 0. The van der Waals surface area contributed by atoms with Gasteiger partial charge in [0, 0.05) is 5.41 Å². The molecule has 2 rings (SSSR count). The van der Waals surface area contributed by atoms with Crippen molar-refractivity contribution in [2.24, 2.45) is 5.41 Å². The van der Waals surface area contributed by atoms with E-state index in [1.807, 2.05) is 23.8 Å². The van der Waals surface area contributed by atoms with Crippen LogP contribution in [0.15, 0.2) is 16.8 Å². The highest BCUT2D eigenvalue weighted by Gasteiger charge is 2.37. The second-order valence-corrected chi connectivity index (χ2v) is 6.52. The summed E-state index contributed by atoms with van der Waals surface area (Å²) in [5.74, 6) is 0.0792. The molecule has 1 aliphatic carbocycles. The van der Waals surface area contributed by atoms with Crippen LogP contribution in [0.25, 0.3) is 0 Å². The van der Waals surface area contributed by atoms with Crippen LogP contribution in [0.1, 0.15) is 45.1 Å². The van der Waals surface area contributed by atoms with Crippen molar-refractivity contribution in [2.45, 2.75) is 45.1 Å². The van der Waals surface area contributed by atoms with E-state index in [1.54, 1.807) is 18.3 Å². The first-order valence-electron chi connectivity index (χ1n) is 6.47. The highest BCUT2D eigenvalue weighted by atomic mass is 32.1. The van der Waals surface area contributed by atoms with E-state index in [0.717, 1.165) is 31.2 Å². The van der Waals surface area contributed by atoms with Gasteiger partial charge in [0.1, 0.15) is 5.60 Å². The van der Waals surface area contributed by atoms with Gasteiger partial charge in [-0.15, -0.1) is 0 Å². The molecule has 2 N–H and O–H groups in total. The van der Waals surface area contributed by atoms with Crippen molar-refractivity contribution in [1.82, 2.24) is 5.32 Å². The zero-order chi connectivity index (χ0) is 13.2. The molecule has 0 aliphatic heterocycles. The van der Waals surface area contributed by atoms with E-state index in [4.69, 9.17) is 0 Å². The summed E-state index contributed by atoms with van der Waals surface area (Å²) in [6.45, 7) is 4.04. The highest BCUT2D eigenvalue weighted by molar-refractivity contribution is 7.08. The molecule has 1 aromatic heterocycles. The number of carbonyl (C=O) groups excluding carboxylic acids is 1. The quantitative estimate of drug-likeness (QED) is 0.881. The Labute approximate surface area is 112 Å². The Morgan fingerprint density at radius 2 is 2.22 bits per heavy atom. The Bertz CT molecular complexity index is 405. The Balaban J connectivity index is 1.93. The number of aliphatic hydroxyl groups is 1. The molecule has 0 aromatic carbocycles. The zero-order valence-corrected chi connectivity index (χ0v) is 11.8. The number of nitrogens with one attached hydrogen (secondary N) is 1. The maximum Gasteiger partial charge on any atom is 0.226 e. The highest BCUT2D eigenvalue weighted by Crippen LogP contribution is 2.37. The number of amides is 1. The molecule has 1 saturated carbocycles. The summed E-state index contributed by atoms with van der Waals surface area (Å²) in [6, 6.07) is 1.90. The topological polar surface area (TPSA) is 49.3 Å². The molecule has 3 nitrogen and oxygen atoms in total. The van der Waals surface area contributed by atoms with Gasteiger partial charge in [-0.3, -0.25) is 4.79 Å². The van der Waals surface area contributed by atoms with Gasteiger partial charge in [0.15, 0.2) is 0 Å². The van der Waals surface area contributed by atoms with Gasteiger partial charge in [0.25, 0.3) is 0 Å². The van der Waals surface area contributed by atoms with Crippen molar-refractivity contribution in [3.8, 4) is 0 Å². The third kappa shape index (κ3) is 2.75. The van der Waals surface area contributed by atoms with Crippen LogP contribution in [0.3, 0.4) is 0 Å². The average molecular weight is 267 g/mol. The Morgan fingerprint density at radius 3 is 2.78 bits per heavy atom. The molecule has 1 aromatic rings. The lowest BCUT2D eigenvalue weighted by Gasteiger charge is -2.27. The summed E-state index contributed by atoms with van der Waals surface area (Å²) in [4.78, 5) is 12.2. The van der Waals surface area contributed by atoms with E-state index in [1.165, 1.54) is 0 Å². The molecule has 1 fully saturated rings. The van der Waals surface area contributed by atoms with Crippen LogP contribution in [0.5, 0.6) is 0 Å². The minimum absolute atomic E-state index is 0.0792. The van der Waals surface area contributed by atoms with Crippen LogP contribution in [0.2, 0.25) is 0 Å². The maximum atomic E-state index is 12.2. The molecule has 4 heteroatoms. The smallest absolute Gasteiger partial charge is 0.226 e. The first kappa shape index (κ1) is 13.6. The van der Waals surface area contributed by atoms with Crippen LogP contribution in [-0.4, -0.2) is 17.6 Å². The lowest BCUT2D eigenvalue weighted by molar-refractivity contribution is -0.131. The second-order valence-electron chi connectivity index (χ2n) is 5.74. The summed E-state index contributed by atoms with van der Waals surface area (Å²) in [5.41, 5.74) is -0.348. The van der Waals surface area contributed by atoms with Crippen molar-refractivity contribution in [1.29, 1.82) is 0 Å². The van der Waals surface area contributed by atoms with Crippen molar-refractivity contribution in [3.63, 3.8) is 0 Å².